The second-order valence-corrected chi connectivity index (χ2v) is 13.0. The van der Waals surface area contributed by atoms with Crippen LogP contribution in [0.5, 0.6) is 0 Å². The quantitative estimate of drug-likeness (QED) is 0.158. The highest BCUT2D eigenvalue weighted by Crippen LogP contribution is 2.60. The number of fused-ring (bicyclic) bond motifs is 1. The predicted octanol–water partition coefficient (Wildman–Crippen LogP) is -0.542. The van der Waals surface area contributed by atoms with Crippen molar-refractivity contribution in [3.63, 3.8) is 0 Å². The summed E-state index contributed by atoms with van der Waals surface area (Å²) in [7, 11) is -22.4. The second-order valence-electron chi connectivity index (χ2n) is 8.25. The maximum absolute atomic E-state index is 11.8. The van der Waals surface area contributed by atoms with Crippen molar-refractivity contribution in [2.75, 3.05) is 0 Å². The summed E-state index contributed by atoms with van der Waals surface area (Å²) in [6, 6.07) is 0. The van der Waals surface area contributed by atoms with Crippen molar-refractivity contribution >= 4 is 31.3 Å². The van der Waals surface area contributed by atoms with E-state index in [2.05, 4.69) is 13.6 Å². The molecule has 1 aliphatic heterocycles. The fourth-order valence-electron chi connectivity index (χ4n) is 4.13. The molecule has 8 N–H and O–H groups in total. The number of phosphoric acid groups is 4. The van der Waals surface area contributed by atoms with Crippen LogP contribution in [0.25, 0.3) is 0 Å². The summed E-state index contributed by atoms with van der Waals surface area (Å²) in [6.07, 6.45) is -11.5. The molecule has 1 saturated heterocycles. The first-order valence-corrected chi connectivity index (χ1v) is 15.3. The molecule has 18 nitrogen and oxygen atoms in total. The van der Waals surface area contributed by atoms with Gasteiger partial charge in [-0.25, -0.2) is 18.3 Å². The molecule has 0 radical (unpaired) electrons. The minimum Gasteiger partial charge on any atom is -0.341 e. The minimum atomic E-state index is -5.66. The van der Waals surface area contributed by atoms with Crippen molar-refractivity contribution in [1.29, 1.82) is 0 Å². The molecule has 2 aliphatic rings. The van der Waals surface area contributed by atoms with Crippen molar-refractivity contribution in [2.45, 2.75) is 69.6 Å². The van der Waals surface area contributed by atoms with E-state index in [0.29, 0.717) is 0 Å². The van der Waals surface area contributed by atoms with Crippen molar-refractivity contribution < 1.29 is 85.0 Å². The van der Waals surface area contributed by atoms with E-state index in [0.717, 1.165) is 0 Å². The van der Waals surface area contributed by atoms with Gasteiger partial charge in [0.25, 0.3) is 0 Å². The Morgan fingerprint density at radius 1 is 0.676 bits per heavy atom. The van der Waals surface area contributed by atoms with E-state index in [4.69, 9.17) is 14.0 Å². The molecular weight excluding hydrogens is 556 g/mol. The molecule has 6 atom stereocenters. The largest absolute Gasteiger partial charge is 0.470 e. The topological polar surface area (TPSA) is 285 Å². The average Bonchev–Trinajstić information content (AvgIpc) is 2.82. The van der Waals surface area contributed by atoms with Crippen LogP contribution < -0.4 is 0 Å². The summed E-state index contributed by atoms with van der Waals surface area (Å²) >= 11 is 0. The van der Waals surface area contributed by atoms with Crippen LogP contribution >= 0.6 is 31.3 Å². The first-order valence-electron chi connectivity index (χ1n) is 9.21. The zero-order valence-corrected chi connectivity index (χ0v) is 21.5. The molecule has 34 heavy (non-hydrogen) atoms. The number of ether oxygens (including phenoxy) is 2. The average molecular weight is 582 g/mol. The molecule has 2 fully saturated rings. The van der Waals surface area contributed by atoms with E-state index in [9.17, 15) is 57.4 Å². The first kappa shape index (κ1) is 30.6. The normalized spacial score (nSPS) is 34.9. The van der Waals surface area contributed by atoms with Crippen LogP contribution in [0.1, 0.15) is 27.7 Å². The summed E-state index contributed by atoms with van der Waals surface area (Å²) in [5.41, 5.74) is -2.22. The summed E-state index contributed by atoms with van der Waals surface area (Å²) < 4.78 is 76.8. The van der Waals surface area contributed by atoms with Gasteiger partial charge in [0.2, 0.25) is 0 Å². The molecule has 1 aliphatic carbocycles. The Labute approximate surface area is 192 Å². The van der Waals surface area contributed by atoms with E-state index in [-0.39, 0.29) is 0 Å². The van der Waals surface area contributed by atoms with Crippen molar-refractivity contribution in [2.24, 2.45) is 5.92 Å². The Kier molecular flexibility index (Phi) is 8.62. The summed E-state index contributed by atoms with van der Waals surface area (Å²) in [6.45, 7) is 5.30. The molecule has 0 spiro atoms. The Balaban J connectivity index is 2.89. The van der Waals surface area contributed by atoms with Crippen LogP contribution in [0.2, 0.25) is 0 Å². The molecule has 202 valence electrons. The highest BCUT2D eigenvalue weighted by Gasteiger charge is 2.73. The molecule has 22 heteroatoms. The summed E-state index contributed by atoms with van der Waals surface area (Å²) in [5.74, 6) is -2.68. The van der Waals surface area contributed by atoms with Gasteiger partial charge in [-0.2, -0.15) is 0 Å². The Morgan fingerprint density at radius 2 is 1.06 bits per heavy atom. The van der Waals surface area contributed by atoms with Gasteiger partial charge in [-0.1, -0.05) is 13.8 Å². The monoisotopic (exact) mass is 582 g/mol. The van der Waals surface area contributed by atoms with Crippen LogP contribution in [-0.4, -0.2) is 81.1 Å². The van der Waals surface area contributed by atoms with Gasteiger partial charge in [0.1, 0.15) is 36.1 Å². The summed E-state index contributed by atoms with van der Waals surface area (Å²) in [5, 5.41) is 0. The zero-order valence-electron chi connectivity index (χ0n) is 17.9. The fourth-order valence-corrected chi connectivity index (χ4v) is 6.36. The molecule has 0 unspecified atom stereocenters. The molecule has 1 heterocycles. The van der Waals surface area contributed by atoms with E-state index in [1.54, 1.807) is 0 Å². The lowest BCUT2D eigenvalue weighted by Crippen LogP contribution is -2.72. The lowest BCUT2D eigenvalue weighted by Gasteiger charge is -2.53. The third kappa shape index (κ3) is 7.45. The van der Waals surface area contributed by atoms with Gasteiger partial charge in [-0.3, -0.25) is 18.1 Å². The molecule has 0 amide bonds. The van der Waals surface area contributed by atoms with E-state index in [1.165, 1.54) is 27.7 Å². The molecular formula is C12H26O18P4. The van der Waals surface area contributed by atoms with Crippen LogP contribution in [0, 0.1) is 5.92 Å². The second kappa shape index (κ2) is 9.59. The maximum atomic E-state index is 11.8. The Morgan fingerprint density at radius 3 is 1.44 bits per heavy atom. The van der Waals surface area contributed by atoms with Gasteiger partial charge in [0.15, 0.2) is 5.79 Å². The molecule has 0 aromatic carbocycles. The number of hydrogen-bond donors (Lipinski definition) is 8. The smallest absolute Gasteiger partial charge is 0.341 e. The highest BCUT2D eigenvalue weighted by atomic mass is 31.2. The SMILES string of the molecule is CC(C)[C@]12OC(C)(C)O[C@H]1[C@@H](OP(=O)(O)O)[C@H](OP(=O)(O)O)[C@@H](OP(=O)(O)O)[C@@H]2OP(=O)(O)O. The van der Waals surface area contributed by atoms with Gasteiger partial charge in [-0.15, -0.1) is 0 Å². The molecule has 1 saturated carbocycles. The highest BCUT2D eigenvalue weighted by molar-refractivity contribution is 7.47. The maximum Gasteiger partial charge on any atom is 0.470 e. The van der Waals surface area contributed by atoms with E-state index in [1.807, 2.05) is 0 Å². The van der Waals surface area contributed by atoms with Crippen LogP contribution in [0.4, 0.5) is 0 Å². The minimum absolute atomic E-state index is 0.974. The van der Waals surface area contributed by atoms with Crippen LogP contribution in [-0.2, 0) is 45.8 Å². The van der Waals surface area contributed by atoms with Crippen molar-refractivity contribution in [1.82, 2.24) is 0 Å². The molecule has 2 rings (SSSR count). The fraction of sp³-hybridized carbons (Fsp3) is 1.00. The number of phosphoric ester groups is 4. The van der Waals surface area contributed by atoms with Gasteiger partial charge < -0.3 is 48.6 Å². The molecule has 0 aromatic heterocycles. The lowest BCUT2D eigenvalue weighted by atomic mass is 9.69. The predicted molar refractivity (Wildman–Crippen MR) is 105 cm³/mol. The van der Waals surface area contributed by atoms with Gasteiger partial charge in [0.05, 0.1) is 0 Å². The van der Waals surface area contributed by atoms with Crippen molar-refractivity contribution in [3.8, 4) is 0 Å². The van der Waals surface area contributed by atoms with Gasteiger partial charge in [0, 0.05) is 0 Å². The third-order valence-corrected chi connectivity index (χ3v) is 6.95. The van der Waals surface area contributed by atoms with E-state index < -0.39 is 79.1 Å². The molecule has 0 aromatic rings. The summed E-state index contributed by atoms with van der Waals surface area (Å²) in [4.78, 5) is 75.4. The molecule has 0 bridgehead atoms. The van der Waals surface area contributed by atoms with Crippen LogP contribution in [0.3, 0.4) is 0 Å². The Hall–Kier alpha value is 0.360. The standard InChI is InChI=1S/C12H26O18P4/c1-5(2)12-9(25-11(3,4)30-12)7(27-32(16,17)18)6(26-31(13,14)15)8(28-33(19,20)21)10(12)29-34(22,23)24/h5-10H,1-4H3,(H2,13,14,15)(H2,16,17,18)(H2,19,20,21)(H2,22,23,24)/t6-,7-,8+,9-,10-,12-/m0/s1. The number of rotatable bonds is 9. The third-order valence-electron chi connectivity index (χ3n) is 4.90. The number of hydrogen-bond acceptors (Lipinski definition) is 10. The van der Waals surface area contributed by atoms with E-state index >= 15 is 0 Å². The van der Waals surface area contributed by atoms with Gasteiger partial charge >= 0.3 is 31.3 Å². The zero-order chi connectivity index (χ0) is 26.7. The van der Waals surface area contributed by atoms with Gasteiger partial charge in [-0.05, 0) is 19.8 Å². The van der Waals surface area contributed by atoms with Crippen molar-refractivity contribution in [3.05, 3.63) is 0 Å². The first-order chi connectivity index (χ1) is 14.9. The Bertz CT molecular complexity index is 943. The lowest BCUT2D eigenvalue weighted by molar-refractivity contribution is -0.238. The van der Waals surface area contributed by atoms with Crippen LogP contribution in [0.15, 0.2) is 0 Å².